The number of aryl methyl sites for hydroxylation is 1. The molecule has 0 saturated carbocycles. The molecule has 0 aliphatic heterocycles. The maximum Gasteiger partial charge on any atom is 0.206 e. The van der Waals surface area contributed by atoms with Gasteiger partial charge in [0.05, 0.1) is 21.2 Å². The summed E-state index contributed by atoms with van der Waals surface area (Å²) in [6.07, 6.45) is 0. The van der Waals surface area contributed by atoms with Crippen molar-refractivity contribution in [3.05, 3.63) is 52.0 Å². The van der Waals surface area contributed by atoms with Crippen LogP contribution in [0.4, 0.5) is 14.7 Å². The van der Waals surface area contributed by atoms with Gasteiger partial charge in [-0.05, 0) is 40.5 Å². The first kappa shape index (κ1) is 13.1. The van der Waals surface area contributed by atoms with Crippen LogP contribution in [0.2, 0.25) is 0 Å². The van der Waals surface area contributed by atoms with Gasteiger partial charge in [-0.3, -0.25) is 4.57 Å². The minimum Gasteiger partial charge on any atom is -0.369 e. The molecular formula is C14H10BrF2N3. The highest BCUT2D eigenvalue weighted by atomic mass is 79.9. The lowest BCUT2D eigenvalue weighted by molar-refractivity contribution is 0.616. The van der Waals surface area contributed by atoms with Gasteiger partial charge in [-0.15, -0.1) is 0 Å². The Hall–Kier alpha value is -1.95. The third kappa shape index (κ3) is 1.87. The second-order valence-electron chi connectivity index (χ2n) is 4.47. The van der Waals surface area contributed by atoms with Gasteiger partial charge in [0, 0.05) is 6.07 Å². The van der Waals surface area contributed by atoms with Crippen molar-refractivity contribution in [3.63, 3.8) is 0 Å². The second-order valence-corrected chi connectivity index (χ2v) is 5.32. The third-order valence-corrected chi connectivity index (χ3v) is 3.74. The van der Waals surface area contributed by atoms with E-state index in [1.54, 1.807) is 19.1 Å². The van der Waals surface area contributed by atoms with Crippen LogP contribution in [-0.2, 0) is 0 Å². The van der Waals surface area contributed by atoms with E-state index in [9.17, 15) is 8.78 Å². The summed E-state index contributed by atoms with van der Waals surface area (Å²) in [6.45, 7) is 1.76. The van der Waals surface area contributed by atoms with Crippen molar-refractivity contribution in [2.24, 2.45) is 0 Å². The number of hydrogen-bond donors (Lipinski definition) is 1. The van der Waals surface area contributed by atoms with Crippen molar-refractivity contribution in [2.45, 2.75) is 6.92 Å². The average molecular weight is 338 g/mol. The van der Waals surface area contributed by atoms with Gasteiger partial charge in [0.15, 0.2) is 0 Å². The van der Waals surface area contributed by atoms with Crippen molar-refractivity contribution in [3.8, 4) is 5.69 Å². The fourth-order valence-corrected chi connectivity index (χ4v) is 2.56. The molecule has 0 radical (unpaired) electrons. The van der Waals surface area contributed by atoms with Crippen LogP contribution in [0, 0.1) is 18.6 Å². The molecule has 0 bridgehead atoms. The molecule has 0 amide bonds. The Bertz CT molecular complexity index is 807. The zero-order valence-electron chi connectivity index (χ0n) is 10.5. The maximum atomic E-state index is 14.1. The summed E-state index contributed by atoms with van der Waals surface area (Å²) < 4.78 is 29.5. The first-order valence-corrected chi connectivity index (χ1v) is 6.67. The Labute approximate surface area is 122 Å². The van der Waals surface area contributed by atoms with Gasteiger partial charge >= 0.3 is 0 Å². The number of aromatic nitrogens is 2. The van der Waals surface area contributed by atoms with Gasteiger partial charge in [-0.2, -0.15) is 0 Å². The van der Waals surface area contributed by atoms with Gasteiger partial charge in [-0.25, -0.2) is 13.8 Å². The number of benzene rings is 2. The van der Waals surface area contributed by atoms with Crippen molar-refractivity contribution in [1.29, 1.82) is 0 Å². The van der Waals surface area contributed by atoms with E-state index in [0.29, 0.717) is 21.1 Å². The van der Waals surface area contributed by atoms with Crippen LogP contribution in [-0.4, -0.2) is 9.55 Å². The molecule has 0 atom stereocenters. The number of anilines is 1. The summed E-state index contributed by atoms with van der Waals surface area (Å²) in [5, 5.41) is 0. The van der Waals surface area contributed by atoms with Crippen LogP contribution in [0.25, 0.3) is 16.7 Å². The van der Waals surface area contributed by atoms with E-state index in [1.807, 2.05) is 0 Å². The van der Waals surface area contributed by atoms with E-state index in [-0.39, 0.29) is 11.6 Å². The minimum absolute atomic E-state index is 0.116. The van der Waals surface area contributed by atoms with Crippen molar-refractivity contribution >= 4 is 32.9 Å². The quantitative estimate of drug-likeness (QED) is 0.730. The molecule has 0 spiro atoms. The van der Waals surface area contributed by atoms with Crippen molar-refractivity contribution in [2.75, 3.05) is 5.73 Å². The molecule has 1 aromatic heterocycles. The number of imidazole rings is 1. The topological polar surface area (TPSA) is 43.8 Å². The third-order valence-electron chi connectivity index (χ3n) is 3.13. The second kappa shape index (κ2) is 4.56. The summed E-state index contributed by atoms with van der Waals surface area (Å²) in [5.74, 6) is -0.766. The number of rotatable bonds is 1. The predicted octanol–water partition coefficient (Wildman–Crippen LogP) is 3.96. The minimum atomic E-state index is -0.451. The Morgan fingerprint density at radius 1 is 1.20 bits per heavy atom. The standard InChI is InChI=1S/C14H10BrF2N3/c1-7-3-2-4-9(16)13(7)20-12-6-10(17)8(15)5-11(12)19-14(20)18/h2-6H,1H3,(H2,18,19). The lowest BCUT2D eigenvalue weighted by Crippen LogP contribution is -2.05. The molecule has 3 nitrogen and oxygen atoms in total. The van der Waals surface area contributed by atoms with E-state index < -0.39 is 11.6 Å². The average Bonchev–Trinajstić information content (AvgIpc) is 2.67. The summed E-state index contributed by atoms with van der Waals surface area (Å²) in [6, 6.07) is 7.52. The number of nitrogen functional groups attached to an aromatic ring is 1. The molecule has 20 heavy (non-hydrogen) atoms. The monoisotopic (exact) mass is 337 g/mol. The summed E-state index contributed by atoms with van der Waals surface area (Å²) in [7, 11) is 0. The van der Waals surface area contributed by atoms with Crippen molar-refractivity contribution in [1.82, 2.24) is 9.55 Å². The Kier molecular flexibility index (Phi) is 2.97. The zero-order valence-corrected chi connectivity index (χ0v) is 12.1. The van der Waals surface area contributed by atoms with Gasteiger partial charge in [-0.1, -0.05) is 12.1 Å². The number of nitrogens with two attached hydrogens (primary N) is 1. The van der Waals surface area contributed by atoms with Crippen LogP contribution in [0.15, 0.2) is 34.8 Å². The molecule has 0 aliphatic rings. The lowest BCUT2D eigenvalue weighted by atomic mass is 10.2. The largest absolute Gasteiger partial charge is 0.369 e. The summed E-state index contributed by atoms with van der Waals surface area (Å²) in [5.41, 5.74) is 7.78. The van der Waals surface area contributed by atoms with Crippen LogP contribution in [0.5, 0.6) is 0 Å². The molecule has 102 valence electrons. The maximum absolute atomic E-state index is 14.1. The first-order valence-electron chi connectivity index (χ1n) is 5.87. The molecule has 2 aromatic carbocycles. The van der Waals surface area contributed by atoms with E-state index in [0.717, 1.165) is 0 Å². The molecule has 0 aliphatic carbocycles. The molecule has 3 rings (SSSR count). The normalized spacial score (nSPS) is 11.2. The van der Waals surface area contributed by atoms with E-state index in [4.69, 9.17) is 5.73 Å². The Morgan fingerprint density at radius 3 is 2.65 bits per heavy atom. The highest BCUT2D eigenvalue weighted by Gasteiger charge is 2.17. The van der Waals surface area contributed by atoms with Crippen LogP contribution >= 0.6 is 15.9 Å². The number of nitrogens with zero attached hydrogens (tertiary/aromatic N) is 2. The van der Waals surface area contributed by atoms with Crippen LogP contribution in [0.3, 0.4) is 0 Å². The highest BCUT2D eigenvalue weighted by Crippen LogP contribution is 2.30. The Balaban J connectivity index is 2.42. The number of hydrogen-bond acceptors (Lipinski definition) is 2. The number of fused-ring (bicyclic) bond motifs is 1. The highest BCUT2D eigenvalue weighted by molar-refractivity contribution is 9.10. The van der Waals surface area contributed by atoms with Gasteiger partial charge in [0.25, 0.3) is 0 Å². The molecular weight excluding hydrogens is 328 g/mol. The van der Waals surface area contributed by atoms with Crippen molar-refractivity contribution < 1.29 is 8.78 Å². The van der Waals surface area contributed by atoms with E-state index >= 15 is 0 Å². The molecule has 0 saturated heterocycles. The number of halogens is 3. The SMILES string of the molecule is Cc1cccc(F)c1-n1c(N)nc2cc(Br)c(F)cc21. The predicted molar refractivity (Wildman–Crippen MR) is 77.8 cm³/mol. The zero-order chi connectivity index (χ0) is 14.4. The van der Waals surface area contributed by atoms with E-state index in [2.05, 4.69) is 20.9 Å². The molecule has 2 N–H and O–H groups in total. The molecule has 6 heteroatoms. The smallest absolute Gasteiger partial charge is 0.206 e. The lowest BCUT2D eigenvalue weighted by Gasteiger charge is -2.11. The Morgan fingerprint density at radius 2 is 1.95 bits per heavy atom. The summed E-state index contributed by atoms with van der Waals surface area (Å²) in [4.78, 5) is 4.15. The first-order chi connectivity index (χ1) is 9.49. The van der Waals surface area contributed by atoms with Crippen LogP contribution < -0.4 is 5.73 Å². The fraction of sp³-hybridized carbons (Fsp3) is 0.0714. The van der Waals surface area contributed by atoms with Gasteiger partial charge in [0.1, 0.15) is 11.6 Å². The molecule has 1 heterocycles. The molecule has 3 aromatic rings. The molecule has 0 fully saturated rings. The van der Waals surface area contributed by atoms with Gasteiger partial charge in [0.2, 0.25) is 5.95 Å². The van der Waals surface area contributed by atoms with Gasteiger partial charge < -0.3 is 5.73 Å². The summed E-state index contributed by atoms with van der Waals surface area (Å²) >= 11 is 3.10. The van der Waals surface area contributed by atoms with E-state index in [1.165, 1.54) is 22.8 Å². The molecule has 0 unspecified atom stereocenters. The fourth-order valence-electron chi connectivity index (χ4n) is 2.23. The van der Waals surface area contributed by atoms with Crippen LogP contribution in [0.1, 0.15) is 5.56 Å². The number of para-hydroxylation sites is 1.